The second-order valence-electron chi connectivity index (χ2n) is 3.83. The molecule has 0 fully saturated rings. The maximum absolute atomic E-state index is 8.88. The molecule has 62 valence electrons. The van der Waals surface area contributed by atoms with Crippen molar-refractivity contribution in [3.05, 3.63) is 24.3 Å². The van der Waals surface area contributed by atoms with Crippen LogP contribution in [0.25, 0.3) is 0 Å². The van der Waals surface area contributed by atoms with Gasteiger partial charge in [-0.3, -0.25) is 0 Å². The fraction of sp³-hybridized carbons (Fsp3) is 0.600. The van der Waals surface area contributed by atoms with Crippen LogP contribution in [0.3, 0.4) is 0 Å². The minimum absolute atomic E-state index is 0.225. The Morgan fingerprint density at radius 3 is 2.82 bits per heavy atom. The lowest BCUT2D eigenvalue weighted by molar-refractivity contribution is 0.274. The van der Waals surface area contributed by atoms with E-state index in [1.54, 1.807) is 0 Å². The normalized spacial score (nSPS) is 28.5. The van der Waals surface area contributed by atoms with Gasteiger partial charge >= 0.3 is 0 Å². The lowest BCUT2D eigenvalue weighted by Gasteiger charge is -2.15. The first-order chi connectivity index (χ1) is 5.14. The SMILES string of the molecule is CC1(C)C=C[C@@H](CO)C=CC1. The molecular formula is C10H16O. The van der Waals surface area contributed by atoms with Crippen LogP contribution in [0.1, 0.15) is 20.3 Å². The molecule has 1 aliphatic rings. The average Bonchev–Trinajstić information content (AvgIpc) is 2.10. The Balaban J connectivity index is 2.69. The highest BCUT2D eigenvalue weighted by atomic mass is 16.3. The Morgan fingerprint density at radius 1 is 1.45 bits per heavy atom. The number of rotatable bonds is 1. The molecule has 0 radical (unpaired) electrons. The molecule has 1 N–H and O–H groups in total. The summed E-state index contributed by atoms with van der Waals surface area (Å²) in [5.74, 6) is 0.233. The highest BCUT2D eigenvalue weighted by Crippen LogP contribution is 2.26. The van der Waals surface area contributed by atoms with Crippen LogP contribution in [-0.4, -0.2) is 11.7 Å². The number of hydrogen-bond donors (Lipinski definition) is 1. The summed E-state index contributed by atoms with van der Waals surface area (Å²) in [4.78, 5) is 0. The molecule has 0 saturated heterocycles. The van der Waals surface area contributed by atoms with Crippen LogP contribution in [-0.2, 0) is 0 Å². The maximum atomic E-state index is 8.88. The predicted octanol–water partition coefficient (Wildman–Crippen LogP) is 2.14. The monoisotopic (exact) mass is 152 g/mol. The largest absolute Gasteiger partial charge is 0.395 e. The molecule has 1 aliphatic carbocycles. The molecule has 1 heteroatoms. The summed E-state index contributed by atoms with van der Waals surface area (Å²) in [6, 6.07) is 0. The van der Waals surface area contributed by atoms with Crippen LogP contribution in [0.15, 0.2) is 24.3 Å². The van der Waals surface area contributed by atoms with Gasteiger partial charge in [-0.15, -0.1) is 0 Å². The third kappa shape index (κ3) is 2.51. The zero-order chi connectivity index (χ0) is 8.32. The van der Waals surface area contributed by atoms with Gasteiger partial charge in [0.25, 0.3) is 0 Å². The zero-order valence-electron chi connectivity index (χ0n) is 7.25. The van der Waals surface area contributed by atoms with E-state index in [4.69, 9.17) is 5.11 Å². The van der Waals surface area contributed by atoms with Gasteiger partial charge in [0.05, 0.1) is 6.61 Å². The number of hydrogen-bond acceptors (Lipinski definition) is 1. The minimum atomic E-state index is 0.225. The third-order valence-electron chi connectivity index (χ3n) is 2.03. The number of allylic oxidation sites excluding steroid dienone is 2. The van der Waals surface area contributed by atoms with Gasteiger partial charge in [-0.05, 0) is 11.8 Å². The quantitative estimate of drug-likeness (QED) is 0.571. The Kier molecular flexibility index (Phi) is 2.50. The van der Waals surface area contributed by atoms with Crippen molar-refractivity contribution in [2.45, 2.75) is 20.3 Å². The topological polar surface area (TPSA) is 20.2 Å². The Hall–Kier alpha value is -0.560. The number of aliphatic hydroxyl groups excluding tert-OH is 1. The van der Waals surface area contributed by atoms with Crippen LogP contribution in [0.5, 0.6) is 0 Å². The van der Waals surface area contributed by atoms with Gasteiger partial charge in [-0.25, -0.2) is 0 Å². The van der Waals surface area contributed by atoms with E-state index in [0.29, 0.717) is 0 Å². The molecule has 0 amide bonds. The molecule has 0 saturated carbocycles. The van der Waals surface area contributed by atoms with Gasteiger partial charge in [0.1, 0.15) is 0 Å². The average molecular weight is 152 g/mol. The molecule has 1 rings (SSSR count). The predicted molar refractivity (Wildman–Crippen MR) is 47.3 cm³/mol. The van der Waals surface area contributed by atoms with Gasteiger partial charge in [0, 0.05) is 5.92 Å². The molecule has 0 aromatic carbocycles. The fourth-order valence-corrected chi connectivity index (χ4v) is 1.18. The maximum Gasteiger partial charge on any atom is 0.0528 e. The van der Waals surface area contributed by atoms with Crippen LogP contribution in [0, 0.1) is 11.3 Å². The van der Waals surface area contributed by atoms with E-state index in [1.165, 1.54) is 0 Å². The first kappa shape index (κ1) is 8.54. The number of aliphatic hydroxyl groups is 1. The van der Waals surface area contributed by atoms with Crippen molar-refractivity contribution in [1.82, 2.24) is 0 Å². The van der Waals surface area contributed by atoms with E-state index >= 15 is 0 Å². The molecule has 1 nitrogen and oxygen atoms in total. The second-order valence-corrected chi connectivity index (χ2v) is 3.83. The molecule has 11 heavy (non-hydrogen) atoms. The van der Waals surface area contributed by atoms with Crippen molar-refractivity contribution in [1.29, 1.82) is 0 Å². The standard InChI is InChI=1S/C10H16O/c1-10(2)6-3-4-9(8-11)5-7-10/h3-5,7,9,11H,6,8H2,1-2H3/t9-/m0/s1. The molecule has 0 unspecified atom stereocenters. The van der Waals surface area contributed by atoms with Gasteiger partial charge in [-0.1, -0.05) is 38.2 Å². The van der Waals surface area contributed by atoms with Crippen molar-refractivity contribution in [2.24, 2.45) is 11.3 Å². The van der Waals surface area contributed by atoms with Crippen molar-refractivity contribution in [3.63, 3.8) is 0 Å². The summed E-state index contributed by atoms with van der Waals surface area (Å²) in [6.45, 7) is 4.63. The van der Waals surface area contributed by atoms with Gasteiger partial charge in [0.2, 0.25) is 0 Å². The van der Waals surface area contributed by atoms with E-state index < -0.39 is 0 Å². The van der Waals surface area contributed by atoms with E-state index in [1.807, 2.05) is 0 Å². The van der Waals surface area contributed by atoms with Crippen LogP contribution >= 0.6 is 0 Å². The molecule has 1 atom stereocenters. The van der Waals surface area contributed by atoms with Crippen LogP contribution < -0.4 is 0 Å². The van der Waals surface area contributed by atoms with Crippen LogP contribution in [0.2, 0.25) is 0 Å². The second kappa shape index (κ2) is 3.22. The molecular weight excluding hydrogens is 136 g/mol. The van der Waals surface area contributed by atoms with Gasteiger partial charge in [-0.2, -0.15) is 0 Å². The first-order valence-corrected chi connectivity index (χ1v) is 4.11. The molecule has 0 aromatic rings. The lowest BCUT2D eigenvalue weighted by Crippen LogP contribution is -2.04. The summed E-state index contributed by atoms with van der Waals surface area (Å²) in [5.41, 5.74) is 0.264. The minimum Gasteiger partial charge on any atom is -0.395 e. The summed E-state index contributed by atoms with van der Waals surface area (Å²) in [6.07, 6.45) is 9.57. The first-order valence-electron chi connectivity index (χ1n) is 4.11. The summed E-state index contributed by atoms with van der Waals surface area (Å²) >= 11 is 0. The highest BCUT2D eigenvalue weighted by Gasteiger charge is 2.14. The van der Waals surface area contributed by atoms with Crippen molar-refractivity contribution >= 4 is 0 Å². The van der Waals surface area contributed by atoms with Crippen molar-refractivity contribution < 1.29 is 5.11 Å². The lowest BCUT2D eigenvalue weighted by atomic mass is 9.90. The highest BCUT2D eigenvalue weighted by molar-refractivity contribution is 5.10. The fourth-order valence-electron chi connectivity index (χ4n) is 1.18. The Labute approximate surface area is 68.4 Å². The smallest absolute Gasteiger partial charge is 0.0528 e. The van der Waals surface area contributed by atoms with Crippen molar-refractivity contribution in [3.8, 4) is 0 Å². The van der Waals surface area contributed by atoms with E-state index in [2.05, 4.69) is 38.2 Å². The summed E-state index contributed by atoms with van der Waals surface area (Å²) in [7, 11) is 0. The Morgan fingerprint density at radius 2 is 2.18 bits per heavy atom. The van der Waals surface area contributed by atoms with Gasteiger partial charge < -0.3 is 5.11 Å². The molecule has 0 aromatic heterocycles. The summed E-state index contributed by atoms with van der Waals surface area (Å²) in [5, 5.41) is 8.88. The molecule has 0 heterocycles. The van der Waals surface area contributed by atoms with E-state index in [-0.39, 0.29) is 17.9 Å². The summed E-state index contributed by atoms with van der Waals surface area (Å²) < 4.78 is 0. The Bertz CT molecular complexity index is 177. The van der Waals surface area contributed by atoms with Crippen LogP contribution in [0.4, 0.5) is 0 Å². The van der Waals surface area contributed by atoms with E-state index in [9.17, 15) is 0 Å². The zero-order valence-corrected chi connectivity index (χ0v) is 7.25. The van der Waals surface area contributed by atoms with Crippen molar-refractivity contribution in [2.75, 3.05) is 6.61 Å². The molecule has 0 bridgehead atoms. The van der Waals surface area contributed by atoms with E-state index in [0.717, 1.165) is 6.42 Å². The molecule has 0 spiro atoms. The van der Waals surface area contributed by atoms with Gasteiger partial charge in [0.15, 0.2) is 0 Å². The third-order valence-corrected chi connectivity index (χ3v) is 2.03. The molecule has 0 aliphatic heterocycles.